The molecule has 0 aliphatic carbocycles. The quantitative estimate of drug-likeness (QED) is 0.118. The maximum Gasteiger partial charge on any atom is 0.242 e. The molecule has 0 saturated heterocycles. The molecule has 2 N–H and O–H groups in total. The molecule has 0 atom stereocenters. The van der Waals surface area contributed by atoms with Crippen LogP contribution in [-0.2, 0) is 4.74 Å². The Hall–Kier alpha value is -3.48. The van der Waals surface area contributed by atoms with Gasteiger partial charge in [0.15, 0.2) is 5.09 Å². The molecule has 7 heteroatoms. The molecule has 4 rings (SSSR count). The van der Waals surface area contributed by atoms with Crippen LogP contribution in [0.25, 0.3) is 22.7 Å². The summed E-state index contributed by atoms with van der Waals surface area (Å²) in [7, 11) is 0. The molecule has 0 unspecified atom stereocenters. The molecule has 0 spiro atoms. The van der Waals surface area contributed by atoms with E-state index in [4.69, 9.17) is 31.6 Å². The van der Waals surface area contributed by atoms with Gasteiger partial charge < -0.3 is 15.0 Å². The number of nitrogens with zero attached hydrogens (tertiary/aromatic N) is 2. The number of benzene rings is 3. The van der Waals surface area contributed by atoms with Crippen LogP contribution >= 0.6 is 23.4 Å². The molecule has 4 aromatic rings. The number of hydrogen-bond donors (Lipinski definition) is 1. The smallest absolute Gasteiger partial charge is 0.242 e. The second-order valence-electron chi connectivity index (χ2n) is 6.37. The number of hydrazone groups is 1. The van der Waals surface area contributed by atoms with Crippen molar-refractivity contribution < 1.29 is 9.15 Å². The molecule has 0 radical (unpaired) electrons. The van der Waals surface area contributed by atoms with Gasteiger partial charge in [0.1, 0.15) is 5.69 Å². The Kier molecular flexibility index (Phi) is 6.40. The first-order chi connectivity index (χ1) is 15.2. The van der Waals surface area contributed by atoms with Gasteiger partial charge in [-0.3, -0.25) is 0 Å². The van der Waals surface area contributed by atoms with E-state index in [1.54, 1.807) is 0 Å². The van der Waals surface area contributed by atoms with E-state index in [9.17, 15) is 0 Å². The average molecular weight is 448 g/mol. The monoisotopic (exact) mass is 447 g/mol. The maximum absolute atomic E-state index is 6.16. The van der Waals surface area contributed by atoms with Crippen molar-refractivity contribution in [3.63, 3.8) is 0 Å². The Morgan fingerprint density at radius 2 is 1.71 bits per heavy atom. The Bertz CT molecular complexity index is 1200. The third-order valence-corrected chi connectivity index (χ3v) is 5.58. The largest absolute Gasteiger partial charge is 0.446 e. The summed E-state index contributed by atoms with van der Waals surface area (Å²) in [5.41, 5.74) is 3.26. The number of hydrogen-bond acceptors (Lipinski definition) is 6. The molecule has 1 aromatic heterocycles. The summed E-state index contributed by atoms with van der Waals surface area (Å²) < 4.78 is 11.4. The highest BCUT2D eigenvalue weighted by atomic mass is 35.5. The maximum atomic E-state index is 6.16. The summed E-state index contributed by atoms with van der Waals surface area (Å²) in [5.74, 6) is 6.23. The van der Waals surface area contributed by atoms with E-state index < -0.39 is 0 Å². The van der Waals surface area contributed by atoms with Crippen molar-refractivity contribution in [2.75, 3.05) is 0 Å². The van der Waals surface area contributed by atoms with Crippen molar-refractivity contribution in [1.29, 1.82) is 0 Å². The fraction of sp³-hybridized carbons (Fsp3) is 0. The van der Waals surface area contributed by atoms with Gasteiger partial charge in [-0.05, 0) is 60.3 Å². The number of nitrogens with two attached hydrogens (primary N) is 1. The van der Waals surface area contributed by atoms with Crippen LogP contribution in [0.2, 0.25) is 5.02 Å². The minimum atomic E-state index is 0.280. The third kappa shape index (κ3) is 4.82. The van der Waals surface area contributed by atoms with Gasteiger partial charge in [-0.1, -0.05) is 48.5 Å². The second kappa shape index (κ2) is 9.55. The summed E-state index contributed by atoms with van der Waals surface area (Å²) in [5, 5.41) is 5.02. The highest BCUT2D eigenvalue weighted by molar-refractivity contribution is 7.99. The molecule has 1 heterocycles. The number of aromatic nitrogens is 1. The van der Waals surface area contributed by atoms with Crippen molar-refractivity contribution in [3.8, 4) is 22.7 Å². The second-order valence-corrected chi connectivity index (χ2v) is 7.86. The van der Waals surface area contributed by atoms with Crippen LogP contribution in [0.5, 0.6) is 0 Å². The Labute approximate surface area is 189 Å². The van der Waals surface area contributed by atoms with Crippen molar-refractivity contribution >= 4 is 29.3 Å². The van der Waals surface area contributed by atoms with Crippen LogP contribution in [0.1, 0.15) is 5.56 Å². The van der Waals surface area contributed by atoms with Gasteiger partial charge >= 0.3 is 0 Å². The van der Waals surface area contributed by atoms with Crippen molar-refractivity contribution in [2.24, 2.45) is 10.9 Å². The van der Waals surface area contributed by atoms with Gasteiger partial charge in [0.2, 0.25) is 11.8 Å². The summed E-state index contributed by atoms with van der Waals surface area (Å²) in [6.07, 6.45) is 1.28. The topological polar surface area (TPSA) is 73.6 Å². The van der Waals surface area contributed by atoms with E-state index >= 15 is 0 Å². The van der Waals surface area contributed by atoms with Gasteiger partial charge in [-0.25, -0.2) is 4.98 Å². The average Bonchev–Trinajstić information content (AvgIpc) is 3.23. The van der Waals surface area contributed by atoms with E-state index in [1.807, 2.05) is 78.9 Å². The molecular weight excluding hydrogens is 430 g/mol. The standard InChI is InChI=1S/C24H18ClN3O2S/c1-2-29-23(28-26)18-10-8-16(9-11-18)21-24(31-20-14-12-19(25)13-15-20)30-22(27-21)17-6-4-3-5-7-17/h2-15H,1,26H2/b28-23-. The molecule has 0 aliphatic rings. The summed E-state index contributed by atoms with van der Waals surface area (Å²) in [6, 6.07) is 24.9. The van der Waals surface area contributed by atoms with E-state index in [2.05, 4.69) is 11.7 Å². The van der Waals surface area contributed by atoms with Crippen LogP contribution < -0.4 is 5.84 Å². The van der Waals surface area contributed by atoms with E-state index in [1.165, 1.54) is 18.0 Å². The number of rotatable bonds is 6. The van der Waals surface area contributed by atoms with Crippen LogP contribution in [0.3, 0.4) is 0 Å². The van der Waals surface area contributed by atoms with Crippen LogP contribution in [0.4, 0.5) is 0 Å². The lowest BCUT2D eigenvalue weighted by molar-refractivity contribution is 0.473. The summed E-state index contributed by atoms with van der Waals surface area (Å²) in [4.78, 5) is 5.77. The fourth-order valence-corrected chi connectivity index (χ4v) is 3.89. The van der Waals surface area contributed by atoms with Crippen LogP contribution in [0, 0.1) is 0 Å². The first-order valence-corrected chi connectivity index (χ1v) is 10.5. The highest BCUT2D eigenvalue weighted by Gasteiger charge is 2.18. The van der Waals surface area contributed by atoms with Gasteiger partial charge in [0.25, 0.3) is 0 Å². The number of halogens is 1. The first-order valence-electron chi connectivity index (χ1n) is 9.34. The zero-order valence-electron chi connectivity index (χ0n) is 16.4. The lowest BCUT2D eigenvalue weighted by Crippen LogP contribution is -2.05. The summed E-state index contributed by atoms with van der Waals surface area (Å²) in [6.45, 7) is 3.54. The predicted octanol–water partition coefficient (Wildman–Crippen LogP) is 6.59. The molecule has 31 heavy (non-hydrogen) atoms. The third-order valence-electron chi connectivity index (χ3n) is 4.36. The van der Waals surface area contributed by atoms with Crippen LogP contribution in [0.15, 0.2) is 111 Å². The molecule has 154 valence electrons. The normalized spacial score (nSPS) is 11.3. The van der Waals surface area contributed by atoms with Crippen molar-refractivity contribution in [1.82, 2.24) is 4.98 Å². The van der Waals surface area contributed by atoms with Gasteiger partial charge in [-0.2, -0.15) is 0 Å². The van der Waals surface area contributed by atoms with E-state index in [0.717, 1.165) is 27.3 Å². The lowest BCUT2D eigenvalue weighted by atomic mass is 10.1. The molecule has 3 aromatic carbocycles. The molecule has 0 saturated carbocycles. The summed E-state index contributed by atoms with van der Waals surface area (Å²) >= 11 is 7.51. The Morgan fingerprint density at radius 1 is 1.00 bits per heavy atom. The SMILES string of the molecule is C=CO/C(=N\N)c1ccc(-c2nc(-c3ccccc3)oc2Sc2ccc(Cl)cc2)cc1. The molecule has 0 fully saturated rings. The predicted molar refractivity (Wildman–Crippen MR) is 125 cm³/mol. The van der Waals surface area contributed by atoms with Crippen molar-refractivity contribution in [2.45, 2.75) is 9.99 Å². The number of oxazole rings is 1. The zero-order chi connectivity index (χ0) is 21.6. The van der Waals surface area contributed by atoms with Gasteiger partial charge in [0.05, 0.1) is 6.26 Å². The van der Waals surface area contributed by atoms with E-state index in [0.29, 0.717) is 16.0 Å². The molecule has 5 nitrogen and oxygen atoms in total. The van der Waals surface area contributed by atoms with E-state index in [-0.39, 0.29) is 5.90 Å². The molecule has 0 aliphatic heterocycles. The molecule has 0 bridgehead atoms. The lowest BCUT2D eigenvalue weighted by Gasteiger charge is -2.05. The highest BCUT2D eigenvalue weighted by Crippen LogP contribution is 2.39. The fourth-order valence-electron chi connectivity index (χ4n) is 2.89. The van der Waals surface area contributed by atoms with Gasteiger partial charge in [0, 0.05) is 26.6 Å². The molecular formula is C24H18ClN3O2S. The minimum Gasteiger partial charge on any atom is -0.446 e. The zero-order valence-corrected chi connectivity index (χ0v) is 17.9. The van der Waals surface area contributed by atoms with Gasteiger partial charge in [-0.15, -0.1) is 5.10 Å². The van der Waals surface area contributed by atoms with Crippen molar-refractivity contribution in [3.05, 3.63) is 102 Å². The molecule has 0 amide bonds. The Balaban J connectivity index is 1.73. The first kappa shape index (κ1) is 20.8. The number of ether oxygens (including phenoxy) is 1. The minimum absolute atomic E-state index is 0.280. The Morgan fingerprint density at radius 3 is 2.35 bits per heavy atom. The van der Waals surface area contributed by atoms with Crippen LogP contribution in [-0.4, -0.2) is 10.9 Å².